The summed E-state index contributed by atoms with van der Waals surface area (Å²) >= 11 is 3.38. The average Bonchev–Trinajstić information content (AvgIpc) is 2.77. The van der Waals surface area contributed by atoms with Crippen molar-refractivity contribution in [3.63, 3.8) is 0 Å². The van der Waals surface area contributed by atoms with E-state index in [-0.39, 0.29) is 5.69 Å². The minimum atomic E-state index is -0.590. The highest BCUT2D eigenvalue weighted by molar-refractivity contribution is 9.08. The zero-order valence-electron chi connectivity index (χ0n) is 8.27. The molecule has 1 aromatic carbocycles. The van der Waals surface area contributed by atoms with Crippen LogP contribution in [0.1, 0.15) is 16.1 Å². The molecule has 1 heterocycles. The molecule has 2 aromatic rings. The lowest BCUT2D eigenvalue weighted by molar-refractivity contribution is 0.0996. The van der Waals surface area contributed by atoms with Gasteiger partial charge in [-0.2, -0.15) is 15.4 Å². The highest BCUT2D eigenvalue weighted by atomic mass is 79.9. The molecule has 0 saturated heterocycles. The third-order valence-electron chi connectivity index (χ3n) is 2.20. The molecule has 0 atom stereocenters. The van der Waals surface area contributed by atoms with Crippen LogP contribution in [0.4, 0.5) is 0 Å². The number of aromatic nitrogens is 3. The van der Waals surface area contributed by atoms with Gasteiger partial charge in [-0.15, -0.1) is 0 Å². The second-order valence-corrected chi connectivity index (χ2v) is 3.74. The van der Waals surface area contributed by atoms with Gasteiger partial charge in [0.2, 0.25) is 0 Å². The Balaban J connectivity index is 2.58. The standard InChI is InChI=1S/C10H9BrN4O/c11-5-6-3-1-2-4-7(6)8-9(10(12)16)14-15-13-8/h1-4H,5H2,(H2,12,16)(H,13,14,15). The number of primary amides is 1. The topological polar surface area (TPSA) is 84.7 Å². The van der Waals surface area contributed by atoms with Crippen molar-refractivity contribution in [2.24, 2.45) is 5.73 Å². The largest absolute Gasteiger partial charge is 0.364 e. The zero-order valence-corrected chi connectivity index (χ0v) is 9.86. The number of benzene rings is 1. The van der Waals surface area contributed by atoms with Gasteiger partial charge in [0.1, 0.15) is 5.69 Å². The van der Waals surface area contributed by atoms with Crippen molar-refractivity contribution >= 4 is 21.8 Å². The van der Waals surface area contributed by atoms with E-state index in [2.05, 4.69) is 31.3 Å². The first kappa shape index (κ1) is 10.8. The molecule has 0 fully saturated rings. The van der Waals surface area contributed by atoms with Crippen LogP contribution in [-0.2, 0) is 5.33 Å². The van der Waals surface area contributed by atoms with Gasteiger partial charge < -0.3 is 5.73 Å². The summed E-state index contributed by atoms with van der Waals surface area (Å²) in [5.74, 6) is -0.590. The molecule has 3 N–H and O–H groups in total. The lowest BCUT2D eigenvalue weighted by atomic mass is 10.0. The van der Waals surface area contributed by atoms with Gasteiger partial charge >= 0.3 is 0 Å². The molecule has 16 heavy (non-hydrogen) atoms. The Bertz CT molecular complexity index is 523. The highest BCUT2D eigenvalue weighted by Gasteiger charge is 2.16. The number of alkyl halides is 1. The summed E-state index contributed by atoms with van der Waals surface area (Å²) in [5.41, 5.74) is 7.74. The summed E-state index contributed by atoms with van der Waals surface area (Å²) in [7, 11) is 0. The van der Waals surface area contributed by atoms with Crippen molar-refractivity contribution in [1.29, 1.82) is 0 Å². The SMILES string of the molecule is NC(=O)c1n[nH]nc1-c1ccccc1CBr. The molecule has 0 spiro atoms. The first-order valence-electron chi connectivity index (χ1n) is 4.59. The monoisotopic (exact) mass is 280 g/mol. The Labute approximate surface area is 100 Å². The summed E-state index contributed by atoms with van der Waals surface area (Å²) < 4.78 is 0. The van der Waals surface area contributed by atoms with Crippen molar-refractivity contribution in [1.82, 2.24) is 15.4 Å². The number of nitrogens with two attached hydrogens (primary N) is 1. The maximum absolute atomic E-state index is 11.1. The molecular formula is C10H9BrN4O. The summed E-state index contributed by atoms with van der Waals surface area (Å²) in [4.78, 5) is 11.1. The van der Waals surface area contributed by atoms with Crippen LogP contribution in [0.2, 0.25) is 0 Å². The number of hydrogen-bond donors (Lipinski definition) is 2. The number of hydrogen-bond acceptors (Lipinski definition) is 3. The molecule has 0 radical (unpaired) electrons. The number of amides is 1. The second-order valence-electron chi connectivity index (χ2n) is 3.18. The van der Waals surface area contributed by atoms with E-state index >= 15 is 0 Å². The maximum atomic E-state index is 11.1. The van der Waals surface area contributed by atoms with Gasteiger partial charge in [0.05, 0.1) is 0 Å². The molecule has 82 valence electrons. The molecule has 0 bridgehead atoms. The van der Waals surface area contributed by atoms with Crippen molar-refractivity contribution in [3.8, 4) is 11.3 Å². The Kier molecular flexibility index (Phi) is 3.00. The number of halogens is 1. The van der Waals surface area contributed by atoms with Gasteiger partial charge in [0.25, 0.3) is 5.91 Å². The molecule has 1 aromatic heterocycles. The molecule has 0 saturated carbocycles. The van der Waals surface area contributed by atoms with E-state index in [1.54, 1.807) is 0 Å². The summed E-state index contributed by atoms with van der Waals surface area (Å²) in [6.07, 6.45) is 0. The maximum Gasteiger partial charge on any atom is 0.271 e. The molecule has 6 heteroatoms. The van der Waals surface area contributed by atoms with Gasteiger partial charge in [0, 0.05) is 10.9 Å². The fourth-order valence-corrected chi connectivity index (χ4v) is 1.95. The number of carbonyl (C=O) groups excluding carboxylic acids is 1. The van der Waals surface area contributed by atoms with Crippen LogP contribution in [0.15, 0.2) is 24.3 Å². The lowest BCUT2D eigenvalue weighted by Gasteiger charge is -2.03. The van der Waals surface area contributed by atoms with Crippen LogP contribution in [-0.4, -0.2) is 21.3 Å². The number of H-pyrrole nitrogens is 1. The number of rotatable bonds is 3. The summed E-state index contributed by atoms with van der Waals surface area (Å²) in [6.45, 7) is 0. The van der Waals surface area contributed by atoms with Crippen molar-refractivity contribution in [3.05, 3.63) is 35.5 Å². The van der Waals surface area contributed by atoms with E-state index in [4.69, 9.17) is 5.73 Å². The third-order valence-corrected chi connectivity index (χ3v) is 2.80. The van der Waals surface area contributed by atoms with E-state index in [0.29, 0.717) is 11.0 Å². The smallest absolute Gasteiger partial charge is 0.271 e. The van der Waals surface area contributed by atoms with Gasteiger partial charge in [0.15, 0.2) is 5.69 Å². The van der Waals surface area contributed by atoms with Crippen LogP contribution >= 0.6 is 15.9 Å². The van der Waals surface area contributed by atoms with Crippen molar-refractivity contribution in [2.75, 3.05) is 0 Å². The van der Waals surface area contributed by atoms with E-state index in [9.17, 15) is 4.79 Å². The lowest BCUT2D eigenvalue weighted by Crippen LogP contribution is -2.13. The minimum Gasteiger partial charge on any atom is -0.364 e. The number of carbonyl (C=O) groups is 1. The van der Waals surface area contributed by atoms with E-state index < -0.39 is 5.91 Å². The zero-order chi connectivity index (χ0) is 11.5. The first-order chi connectivity index (χ1) is 7.74. The van der Waals surface area contributed by atoms with E-state index in [1.165, 1.54) is 0 Å². The molecule has 0 unspecified atom stereocenters. The second kappa shape index (κ2) is 4.44. The Morgan fingerprint density at radius 3 is 2.81 bits per heavy atom. The number of nitrogens with zero attached hydrogens (tertiary/aromatic N) is 2. The quantitative estimate of drug-likeness (QED) is 0.835. The molecule has 0 aliphatic carbocycles. The van der Waals surface area contributed by atoms with Crippen molar-refractivity contribution < 1.29 is 4.79 Å². The third kappa shape index (κ3) is 1.83. The van der Waals surface area contributed by atoms with Gasteiger partial charge in [-0.25, -0.2) is 0 Å². The van der Waals surface area contributed by atoms with Crippen LogP contribution in [0.3, 0.4) is 0 Å². The highest BCUT2D eigenvalue weighted by Crippen LogP contribution is 2.25. The molecule has 0 aliphatic rings. The summed E-state index contributed by atoms with van der Waals surface area (Å²) in [5, 5.41) is 10.8. The summed E-state index contributed by atoms with van der Waals surface area (Å²) in [6, 6.07) is 7.62. The molecule has 2 rings (SSSR count). The van der Waals surface area contributed by atoms with Crippen LogP contribution in [0.5, 0.6) is 0 Å². The van der Waals surface area contributed by atoms with Crippen LogP contribution in [0, 0.1) is 0 Å². The predicted molar refractivity (Wildman–Crippen MR) is 63.0 cm³/mol. The molecule has 0 aliphatic heterocycles. The predicted octanol–water partition coefficient (Wildman–Crippen LogP) is 1.47. The van der Waals surface area contributed by atoms with E-state index in [1.807, 2.05) is 24.3 Å². The number of aromatic amines is 1. The molecule has 5 nitrogen and oxygen atoms in total. The fraction of sp³-hybridized carbons (Fsp3) is 0.100. The van der Waals surface area contributed by atoms with E-state index in [0.717, 1.165) is 11.1 Å². The Hall–Kier alpha value is -1.69. The average molecular weight is 281 g/mol. The molecular weight excluding hydrogens is 272 g/mol. The molecule has 1 amide bonds. The minimum absolute atomic E-state index is 0.161. The Morgan fingerprint density at radius 1 is 1.38 bits per heavy atom. The number of nitrogens with one attached hydrogen (secondary N) is 1. The van der Waals surface area contributed by atoms with Gasteiger partial charge in [-0.05, 0) is 5.56 Å². The van der Waals surface area contributed by atoms with Gasteiger partial charge in [-0.3, -0.25) is 4.79 Å². The van der Waals surface area contributed by atoms with Crippen LogP contribution < -0.4 is 5.73 Å². The normalized spacial score (nSPS) is 10.3. The van der Waals surface area contributed by atoms with Crippen LogP contribution in [0.25, 0.3) is 11.3 Å². The van der Waals surface area contributed by atoms with Crippen molar-refractivity contribution in [2.45, 2.75) is 5.33 Å². The fourth-order valence-electron chi connectivity index (χ4n) is 1.46. The van der Waals surface area contributed by atoms with Gasteiger partial charge in [-0.1, -0.05) is 40.2 Å². The first-order valence-corrected chi connectivity index (χ1v) is 5.71. The Morgan fingerprint density at radius 2 is 2.12 bits per heavy atom.